The third kappa shape index (κ3) is 3.46. The van der Waals surface area contributed by atoms with Crippen LogP contribution in [-0.4, -0.2) is 33.3 Å². The maximum atomic E-state index is 10.6. The van der Waals surface area contributed by atoms with Crippen LogP contribution in [0, 0.1) is 6.92 Å². The van der Waals surface area contributed by atoms with E-state index in [1.165, 1.54) is 11.3 Å². The number of aryl methyl sites for hydroxylation is 1. The highest BCUT2D eigenvalue weighted by Crippen LogP contribution is 2.25. The zero-order valence-corrected chi connectivity index (χ0v) is 10.4. The second-order valence-corrected chi connectivity index (χ2v) is 5.46. The van der Waals surface area contributed by atoms with E-state index in [2.05, 4.69) is 10.3 Å². The van der Waals surface area contributed by atoms with Crippen LogP contribution in [0.5, 0.6) is 0 Å². The molecule has 0 saturated carbocycles. The van der Waals surface area contributed by atoms with Crippen molar-refractivity contribution in [2.75, 3.05) is 11.9 Å². The van der Waals surface area contributed by atoms with E-state index in [-0.39, 0.29) is 13.0 Å². The van der Waals surface area contributed by atoms with Crippen LogP contribution in [0.25, 0.3) is 0 Å². The Morgan fingerprint density at radius 3 is 2.69 bits per heavy atom. The third-order valence-corrected chi connectivity index (χ3v) is 2.98. The Morgan fingerprint density at radius 1 is 1.56 bits per heavy atom. The normalized spacial score (nSPS) is 11.5. The highest BCUT2D eigenvalue weighted by Gasteiger charge is 2.19. The van der Waals surface area contributed by atoms with Gasteiger partial charge in [0.1, 0.15) is 0 Å². The summed E-state index contributed by atoms with van der Waals surface area (Å²) in [6.45, 7) is 5.52. The second-order valence-electron chi connectivity index (χ2n) is 4.26. The first-order valence-corrected chi connectivity index (χ1v) is 5.73. The van der Waals surface area contributed by atoms with Crippen molar-refractivity contribution in [3.8, 4) is 0 Å². The number of aliphatic hydroxyl groups is 1. The van der Waals surface area contributed by atoms with Gasteiger partial charge >= 0.3 is 5.97 Å². The molecule has 0 aliphatic heterocycles. The molecule has 1 heterocycles. The molecule has 0 spiro atoms. The molecule has 6 heteroatoms. The van der Waals surface area contributed by atoms with Gasteiger partial charge in [-0.3, -0.25) is 4.79 Å². The smallest absolute Gasteiger partial charge is 0.309 e. The number of aliphatic carboxylic acids is 1. The lowest BCUT2D eigenvalue weighted by Crippen LogP contribution is -2.34. The number of rotatable bonds is 5. The number of thiazole rings is 1. The molecule has 0 atom stereocenters. The minimum absolute atomic E-state index is 0.0140. The van der Waals surface area contributed by atoms with Gasteiger partial charge in [0.05, 0.1) is 24.3 Å². The van der Waals surface area contributed by atoms with E-state index in [9.17, 15) is 4.79 Å². The van der Waals surface area contributed by atoms with Crippen molar-refractivity contribution in [3.63, 3.8) is 0 Å². The fraction of sp³-hybridized carbons (Fsp3) is 0.600. The van der Waals surface area contributed by atoms with Gasteiger partial charge in [0, 0.05) is 4.88 Å². The highest BCUT2D eigenvalue weighted by atomic mass is 32.1. The molecule has 0 aromatic carbocycles. The van der Waals surface area contributed by atoms with Gasteiger partial charge in [0.2, 0.25) is 0 Å². The summed E-state index contributed by atoms with van der Waals surface area (Å²) in [6, 6.07) is 0. The summed E-state index contributed by atoms with van der Waals surface area (Å²) in [5.74, 6) is -0.888. The number of hydrogen-bond donors (Lipinski definition) is 3. The monoisotopic (exact) mass is 244 g/mol. The Labute approximate surface area is 98.1 Å². The van der Waals surface area contributed by atoms with Gasteiger partial charge in [0.25, 0.3) is 0 Å². The van der Waals surface area contributed by atoms with E-state index in [0.29, 0.717) is 10.8 Å². The van der Waals surface area contributed by atoms with Crippen molar-refractivity contribution in [1.82, 2.24) is 4.98 Å². The molecule has 0 radical (unpaired) electrons. The summed E-state index contributed by atoms with van der Waals surface area (Å²) in [7, 11) is 0. The van der Waals surface area contributed by atoms with E-state index in [1.807, 2.05) is 20.8 Å². The van der Waals surface area contributed by atoms with E-state index in [4.69, 9.17) is 10.2 Å². The van der Waals surface area contributed by atoms with Crippen molar-refractivity contribution in [2.45, 2.75) is 32.7 Å². The molecule has 0 bridgehead atoms. The Hall–Kier alpha value is -1.14. The number of carbonyl (C=O) groups is 1. The van der Waals surface area contributed by atoms with E-state index < -0.39 is 11.5 Å². The molecule has 0 amide bonds. The Bertz CT molecular complexity index is 387. The average molecular weight is 244 g/mol. The molecular formula is C10H16N2O3S. The molecule has 1 aromatic rings. The van der Waals surface area contributed by atoms with Crippen LogP contribution in [0.4, 0.5) is 5.13 Å². The van der Waals surface area contributed by atoms with Crippen molar-refractivity contribution in [3.05, 3.63) is 10.6 Å². The first-order valence-electron chi connectivity index (χ1n) is 4.91. The number of aromatic nitrogens is 1. The van der Waals surface area contributed by atoms with Crippen LogP contribution < -0.4 is 5.32 Å². The molecule has 90 valence electrons. The van der Waals surface area contributed by atoms with Crippen LogP contribution in [0.2, 0.25) is 0 Å². The Morgan fingerprint density at radius 2 is 2.19 bits per heavy atom. The average Bonchev–Trinajstić information content (AvgIpc) is 2.45. The van der Waals surface area contributed by atoms with Gasteiger partial charge in [-0.25, -0.2) is 4.98 Å². The molecule has 5 nitrogen and oxygen atoms in total. The van der Waals surface area contributed by atoms with Gasteiger partial charge in [-0.2, -0.15) is 0 Å². The van der Waals surface area contributed by atoms with Gasteiger partial charge in [0.15, 0.2) is 5.13 Å². The van der Waals surface area contributed by atoms with Crippen LogP contribution >= 0.6 is 11.3 Å². The Kier molecular flexibility index (Phi) is 3.88. The highest BCUT2D eigenvalue weighted by molar-refractivity contribution is 7.15. The zero-order valence-electron chi connectivity index (χ0n) is 9.57. The number of nitrogens with zero attached hydrogens (tertiary/aromatic N) is 1. The zero-order chi connectivity index (χ0) is 12.3. The Balaban J connectivity index is 2.80. The number of nitrogens with one attached hydrogen (secondary N) is 1. The summed E-state index contributed by atoms with van der Waals surface area (Å²) in [6.07, 6.45) is -0.0659. The molecule has 16 heavy (non-hydrogen) atoms. The van der Waals surface area contributed by atoms with Gasteiger partial charge in [-0.05, 0) is 20.8 Å². The maximum Gasteiger partial charge on any atom is 0.309 e. The van der Waals surface area contributed by atoms with Crippen LogP contribution in [-0.2, 0) is 11.2 Å². The quantitative estimate of drug-likeness (QED) is 0.726. The van der Waals surface area contributed by atoms with E-state index in [1.54, 1.807) is 0 Å². The fourth-order valence-corrected chi connectivity index (χ4v) is 2.13. The lowest BCUT2D eigenvalue weighted by Gasteiger charge is -2.22. The summed E-state index contributed by atoms with van der Waals surface area (Å²) >= 11 is 1.40. The molecule has 0 saturated heterocycles. The van der Waals surface area contributed by atoms with E-state index >= 15 is 0 Å². The van der Waals surface area contributed by atoms with Crippen molar-refractivity contribution >= 4 is 22.4 Å². The van der Waals surface area contributed by atoms with Crippen LogP contribution in [0.15, 0.2) is 0 Å². The second kappa shape index (κ2) is 4.80. The molecule has 1 rings (SSSR count). The van der Waals surface area contributed by atoms with Gasteiger partial charge < -0.3 is 15.5 Å². The minimum Gasteiger partial charge on any atom is -0.481 e. The number of hydrogen-bond acceptors (Lipinski definition) is 5. The first-order chi connectivity index (χ1) is 7.34. The standard InChI is InChI=1S/C10H16N2O3S/c1-6-7(4-8(14)15)11-9(16-6)12-10(2,3)5-13/h13H,4-5H2,1-3H3,(H,11,12)(H,14,15). The van der Waals surface area contributed by atoms with Crippen LogP contribution in [0.3, 0.4) is 0 Å². The molecule has 0 aliphatic carbocycles. The fourth-order valence-electron chi connectivity index (χ4n) is 1.12. The largest absolute Gasteiger partial charge is 0.481 e. The molecule has 3 N–H and O–H groups in total. The molecular weight excluding hydrogens is 228 g/mol. The first kappa shape index (κ1) is 12.9. The number of aliphatic hydroxyl groups excluding tert-OH is 1. The molecule has 1 aromatic heterocycles. The van der Waals surface area contributed by atoms with Gasteiger partial charge in [-0.15, -0.1) is 11.3 Å². The SMILES string of the molecule is Cc1sc(NC(C)(C)CO)nc1CC(=O)O. The third-order valence-electron chi connectivity index (χ3n) is 2.05. The van der Waals surface area contributed by atoms with Crippen LogP contribution in [0.1, 0.15) is 24.4 Å². The predicted molar refractivity (Wildman–Crippen MR) is 63.0 cm³/mol. The summed E-state index contributed by atoms with van der Waals surface area (Å²) < 4.78 is 0. The predicted octanol–water partition coefficient (Wildman–Crippen LogP) is 1.26. The molecule has 0 aliphatic rings. The number of carboxylic acids is 1. The number of anilines is 1. The minimum atomic E-state index is -0.888. The topological polar surface area (TPSA) is 82.5 Å². The van der Waals surface area contributed by atoms with E-state index in [0.717, 1.165) is 4.88 Å². The summed E-state index contributed by atoms with van der Waals surface area (Å²) in [4.78, 5) is 15.7. The molecule has 0 unspecified atom stereocenters. The lowest BCUT2D eigenvalue weighted by atomic mass is 10.1. The molecule has 0 fully saturated rings. The van der Waals surface area contributed by atoms with Crippen molar-refractivity contribution < 1.29 is 15.0 Å². The van der Waals surface area contributed by atoms with Crippen molar-refractivity contribution in [2.24, 2.45) is 0 Å². The number of carboxylic acid groups (broad SMARTS) is 1. The summed E-state index contributed by atoms with van der Waals surface area (Å²) in [5.41, 5.74) is 0.124. The summed E-state index contributed by atoms with van der Waals surface area (Å²) in [5, 5.41) is 21.5. The van der Waals surface area contributed by atoms with Gasteiger partial charge in [-0.1, -0.05) is 0 Å². The lowest BCUT2D eigenvalue weighted by molar-refractivity contribution is -0.136. The van der Waals surface area contributed by atoms with Crippen molar-refractivity contribution in [1.29, 1.82) is 0 Å². The maximum absolute atomic E-state index is 10.6.